The maximum absolute atomic E-state index is 11.4. The molecule has 0 aromatic heterocycles. The maximum Gasteiger partial charge on any atom is 0.320 e. The zero-order chi connectivity index (χ0) is 12.7. The number of carboxylic acids is 1. The van der Waals surface area contributed by atoms with Crippen LogP contribution in [0.1, 0.15) is 19.3 Å². The first-order chi connectivity index (χ1) is 7.34. The van der Waals surface area contributed by atoms with Crippen molar-refractivity contribution in [2.24, 2.45) is 11.5 Å². The van der Waals surface area contributed by atoms with Crippen LogP contribution in [0.25, 0.3) is 0 Å². The molecule has 0 saturated carbocycles. The summed E-state index contributed by atoms with van der Waals surface area (Å²) < 4.78 is 0. The number of carbonyl (C=O) groups excluding carboxylic acids is 1. The molecule has 1 unspecified atom stereocenters. The third-order valence-electron chi connectivity index (χ3n) is 2.23. The van der Waals surface area contributed by atoms with Crippen molar-refractivity contribution in [2.75, 3.05) is 20.6 Å². The highest BCUT2D eigenvalue weighted by molar-refractivity contribution is 5.85. The largest absolute Gasteiger partial charge is 0.480 e. The molecule has 94 valence electrons. The van der Waals surface area contributed by atoms with Crippen molar-refractivity contribution in [3.05, 3.63) is 0 Å². The minimum atomic E-state index is -1.02. The normalized spacial score (nSPS) is 14.8. The number of nitrogens with zero attached hydrogens (tertiary/aromatic N) is 1. The number of aliphatic carboxylic acids is 1. The van der Waals surface area contributed by atoms with Gasteiger partial charge in [0, 0.05) is 0 Å². The Labute approximate surface area is 95.6 Å². The second-order valence-electron chi connectivity index (χ2n) is 4.19. The van der Waals surface area contributed by atoms with E-state index in [0.717, 1.165) is 0 Å². The van der Waals surface area contributed by atoms with Gasteiger partial charge in [-0.25, -0.2) is 0 Å². The molecule has 0 rings (SSSR count). The van der Waals surface area contributed by atoms with E-state index in [9.17, 15) is 9.59 Å². The standard InChI is InChI=1S/C10H21N3O3/c1-13(2)6-9(14)7(11)4-3-5-8(12)10(15)16/h7-8H,3-6,11-12H2,1-2H3,(H,15,16)/t7?,8-/m0/s1. The number of hydrogen-bond donors (Lipinski definition) is 3. The second-order valence-corrected chi connectivity index (χ2v) is 4.19. The highest BCUT2D eigenvalue weighted by Gasteiger charge is 2.16. The molecule has 0 saturated heterocycles. The van der Waals surface area contributed by atoms with E-state index in [0.29, 0.717) is 25.8 Å². The smallest absolute Gasteiger partial charge is 0.320 e. The molecule has 0 aromatic rings. The van der Waals surface area contributed by atoms with Crippen molar-refractivity contribution in [2.45, 2.75) is 31.3 Å². The third kappa shape index (κ3) is 6.49. The number of carboxylic acid groups (broad SMARTS) is 1. The zero-order valence-electron chi connectivity index (χ0n) is 9.85. The molecule has 0 fully saturated rings. The van der Waals surface area contributed by atoms with Gasteiger partial charge in [0.05, 0.1) is 12.6 Å². The van der Waals surface area contributed by atoms with Gasteiger partial charge < -0.3 is 21.5 Å². The lowest BCUT2D eigenvalue weighted by atomic mass is 10.0. The van der Waals surface area contributed by atoms with Gasteiger partial charge in [0.1, 0.15) is 6.04 Å². The van der Waals surface area contributed by atoms with Crippen molar-refractivity contribution in [1.82, 2.24) is 4.90 Å². The van der Waals surface area contributed by atoms with E-state index in [1.165, 1.54) is 0 Å². The van der Waals surface area contributed by atoms with Crippen molar-refractivity contribution in [3.8, 4) is 0 Å². The SMILES string of the molecule is CN(C)CC(=O)C(N)CCC[C@H](N)C(=O)O. The average Bonchev–Trinajstić information content (AvgIpc) is 2.15. The molecular formula is C10H21N3O3. The first-order valence-corrected chi connectivity index (χ1v) is 5.26. The van der Waals surface area contributed by atoms with Crippen LogP contribution in [0.3, 0.4) is 0 Å². The molecule has 6 heteroatoms. The first-order valence-electron chi connectivity index (χ1n) is 5.26. The first kappa shape index (κ1) is 15.0. The maximum atomic E-state index is 11.4. The number of Topliss-reactive ketones (excluding diaryl/α,β-unsaturated/α-hetero) is 1. The van der Waals surface area contributed by atoms with Gasteiger partial charge in [0.15, 0.2) is 5.78 Å². The quantitative estimate of drug-likeness (QED) is 0.495. The molecule has 0 aliphatic heterocycles. The molecule has 0 heterocycles. The number of carbonyl (C=O) groups is 2. The topological polar surface area (TPSA) is 110 Å². The van der Waals surface area contributed by atoms with Crippen LogP contribution in [-0.2, 0) is 9.59 Å². The van der Waals surface area contributed by atoms with E-state index < -0.39 is 18.1 Å². The Balaban J connectivity index is 3.76. The Morgan fingerprint density at radius 2 is 1.69 bits per heavy atom. The van der Waals surface area contributed by atoms with E-state index in [-0.39, 0.29) is 5.78 Å². The zero-order valence-corrected chi connectivity index (χ0v) is 9.85. The van der Waals surface area contributed by atoms with Gasteiger partial charge >= 0.3 is 5.97 Å². The lowest BCUT2D eigenvalue weighted by molar-refractivity contribution is -0.138. The van der Waals surface area contributed by atoms with E-state index >= 15 is 0 Å². The summed E-state index contributed by atoms with van der Waals surface area (Å²) in [6.07, 6.45) is 1.37. The van der Waals surface area contributed by atoms with Crippen LogP contribution in [0.5, 0.6) is 0 Å². The molecule has 0 amide bonds. The molecule has 0 aliphatic carbocycles. The summed E-state index contributed by atoms with van der Waals surface area (Å²) in [5.41, 5.74) is 11.0. The fourth-order valence-electron chi connectivity index (χ4n) is 1.27. The molecule has 5 N–H and O–H groups in total. The summed E-state index contributed by atoms with van der Waals surface area (Å²) in [6.45, 7) is 0.312. The summed E-state index contributed by atoms with van der Waals surface area (Å²) in [4.78, 5) is 23.6. The van der Waals surface area contributed by atoms with Gasteiger partial charge in [-0.1, -0.05) is 0 Å². The predicted molar refractivity (Wildman–Crippen MR) is 61.0 cm³/mol. The molecule has 0 spiro atoms. The molecule has 16 heavy (non-hydrogen) atoms. The third-order valence-corrected chi connectivity index (χ3v) is 2.23. The van der Waals surface area contributed by atoms with Gasteiger partial charge in [-0.15, -0.1) is 0 Å². The number of rotatable bonds is 8. The Morgan fingerprint density at radius 1 is 1.19 bits per heavy atom. The highest BCUT2D eigenvalue weighted by Crippen LogP contribution is 2.03. The average molecular weight is 231 g/mol. The van der Waals surface area contributed by atoms with Crippen LogP contribution in [0.4, 0.5) is 0 Å². The number of ketones is 1. The Bertz CT molecular complexity index is 243. The van der Waals surface area contributed by atoms with Crippen LogP contribution >= 0.6 is 0 Å². The summed E-state index contributed by atoms with van der Waals surface area (Å²) in [5, 5.41) is 8.55. The number of nitrogens with two attached hydrogens (primary N) is 2. The molecular weight excluding hydrogens is 210 g/mol. The summed E-state index contributed by atoms with van der Waals surface area (Å²) in [5.74, 6) is -1.05. The fraction of sp³-hybridized carbons (Fsp3) is 0.800. The van der Waals surface area contributed by atoms with E-state index in [1.807, 2.05) is 0 Å². The molecule has 0 radical (unpaired) electrons. The predicted octanol–water partition coefficient (Wildman–Crippen LogP) is -0.973. The monoisotopic (exact) mass is 231 g/mol. The Morgan fingerprint density at radius 3 is 2.12 bits per heavy atom. The fourth-order valence-corrected chi connectivity index (χ4v) is 1.27. The van der Waals surface area contributed by atoms with Gasteiger partial charge in [0.25, 0.3) is 0 Å². The van der Waals surface area contributed by atoms with Crippen LogP contribution in [0, 0.1) is 0 Å². The van der Waals surface area contributed by atoms with Crippen molar-refractivity contribution in [1.29, 1.82) is 0 Å². The molecule has 0 aromatic carbocycles. The van der Waals surface area contributed by atoms with Gasteiger partial charge in [-0.2, -0.15) is 0 Å². The highest BCUT2D eigenvalue weighted by atomic mass is 16.4. The molecule has 2 atom stereocenters. The van der Waals surface area contributed by atoms with Crippen LogP contribution < -0.4 is 11.5 Å². The molecule has 0 bridgehead atoms. The lowest BCUT2D eigenvalue weighted by Gasteiger charge is -2.14. The van der Waals surface area contributed by atoms with Gasteiger partial charge in [0.2, 0.25) is 0 Å². The minimum absolute atomic E-state index is 0.0334. The van der Waals surface area contributed by atoms with E-state index in [1.54, 1.807) is 19.0 Å². The van der Waals surface area contributed by atoms with Crippen LogP contribution in [0.15, 0.2) is 0 Å². The van der Waals surface area contributed by atoms with Gasteiger partial charge in [-0.3, -0.25) is 9.59 Å². The second kappa shape index (κ2) is 7.32. The van der Waals surface area contributed by atoms with Crippen LogP contribution in [0.2, 0.25) is 0 Å². The van der Waals surface area contributed by atoms with Crippen LogP contribution in [-0.4, -0.2) is 54.5 Å². The molecule has 6 nitrogen and oxygen atoms in total. The Kier molecular flexibility index (Phi) is 6.87. The van der Waals surface area contributed by atoms with Gasteiger partial charge in [-0.05, 0) is 33.4 Å². The van der Waals surface area contributed by atoms with Crippen molar-refractivity contribution in [3.63, 3.8) is 0 Å². The van der Waals surface area contributed by atoms with E-state index in [2.05, 4.69) is 0 Å². The molecule has 0 aliphatic rings. The van der Waals surface area contributed by atoms with Crippen molar-refractivity contribution < 1.29 is 14.7 Å². The summed E-state index contributed by atoms with van der Waals surface area (Å²) in [6, 6.07) is -1.39. The van der Waals surface area contributed by atoms with E-state index in [4.69, 9.17) is 16.6 Å². The van der Waals surface area contributed by atoms with Crippen molar-refractivity contribution >= 4 is 11.8 Å². The minimum Gasteiger partial charge on any atom is -0.480 e. The lowest BCUT2D eigenvalue weighted by Crippen LogP contribution is -2.37. The number of hydrogen-bond acceptors (Lipinski definition) is 5. The summed E-state index contributed by atoms with van der Waals surface area (Å²) in [7, 11) is 3.59. The summed E-state index contributed by atoms with van der Waals surface area (Å²) >= 11 is 0. The number of likely N-dealkylation sites (N-methyl/N-ethyl adjacent to an activating group) is 1. The Hall–Kier alpha value is -0.980.